The molecule has 1 N–H and O–H groups in total. The Bertz CT molecular complexity index is 948. The number of fused-ring (bicyclic) bond motifs is 1. The van der Waals surface area contributed by atoms with E-state index in [1.165, 1.54) is 23.9 Å². The molecule has 0 saturated heterocycles. The third kappa shape index (κ3) is 4.07. The molecule has 7 nitrogen and oxygen atoms in total. The number of para-hydroxylation sites is 2. The lowest BCUT2D eigenvalue weighted by Gasteiger charge is -2.11. The lowest BCUT2D eigenvalue weighted by Crippen LogP contribution is -2.16. The lowest BCUT2D eigenvalue weighted by atomic mass is 10.3. The molecule has 136 valence electrons. The second kappa shape index (κ2) is 7.65. The van der Waals surface area contributed by atoms with E-state index in [2.05, 4.69) is 25.2 Å². The highest BCUT2D eigenvalue weighted by Crippen LogP contribution is 2.26. The van der Waals surface area contributed by atoms with Crippen LogP contribution in [0.5, 0.6) is 5.75 Å². The average molecular weight is 379 g/mol. The molecule has 1 aromatic carbocycles. The van der Waals surface area contributed by atoms with Gasteiger partial charge in [-0.3, -0.25) is 9.20 Å². The SMILES string of the molecule is Cc1cc(C)n2c(SCC(=O)Nc3ccccc3OC(F)F)nnc2n1. The van der Waals surface area contributed by atoms with E-state index in [0.29, 0.717) is 10.9 Å². The first-order chi connectivity index (χ1) is 12.4. The van der Waals surface area contributed by atoms with Gasteiger partial charge in [0.2, 0.25) is 5.91 Å². The van der Waals surface area contributed by atoms with E-state index in [9.17, 15) is 13.6 Å². The van der Waals surface area contributed by atoms with Gasteiger partial charge in [0.25, 0.3) is 5.78 Å². The van der Waals surface area contributed by atoms with Gasteiger partial charge in [0.1, 0.15) is 5.75 Å². The number of ether oxygens (including phenoxy) is 1. The largest absolute Gasteiger partial charge is 0.433 e. The van der Waals surface area contributed by atoms with E-state index < -0.39 is 6.61 Å². The van der Waals surface area contributed by atoms with Gasteiger partial charge in [0.15, 0.2) is 5.16 Å². The third-order valence-corrected chi connectivity index (χ3v) is 4.30. The standard InChI is InChI=1S/C16H15F2N5O2S/c1-9-7-10(2)23-15(19-9)21-22-16(23)26-8-13(24)20-11-5-3-4-6-12(11)25-14(17)18/h3-7,14H,8H2,1-2H3,(H,20,24). The highest BCUT2D eigenvalue weighted by Gasteiger charge is 2.14. The van der Waals surface area contributed by atoms with Crippen molar-refractivity contribution in [1.82, 2.24) is 19.6 Å². The fraction of sp³-hybridized carbons (Fsp3) is 0.250. The van der Waals surface area contributed by atoms with Crippen LogP contribution in [0.15, 0.2) is 35.5 Å². The molecule has 0 spiro atoms. The number of nitrogens with one attached hydrogen (secondary N) is 1. The number of amides is 1. The van der Waals surface area contributed by atoms with Crippen molar-refractivity contribution in [2.45, 2.75) is 25.6 Å². The summed E-state index contributed by atoms with van der Waals surface area (Å²) >= 11 is 1.17. The quantitative estimate of drug-likeness (QED) is 0.663. The summed E-state index contributed by atoms with van der Waals surface area (Å²) in [5.41, 5.74) is 1.90. The van der Waals surface area contributed by atoms with Crippen molar-refractivity contribution in [3.8, 4) is 5.75 Å². The summed E-state index contributed by atoms with van der Waals surface area (Å²) in [7, 11) is 0. The number of hydrogen-bond acceptors (Lipinski definition) is 6. The predicted molar refractivity (Wildman–Crippen MR) is 92.7 cm³/mol. The number of thioether (sulfide) groups is 1. The Morgan fingerprint density at radius 2 is 2.08 bits per heavy atom. The van der Waals surface area contributed by atoms with Gasteiger partial charge in [-0.1, -0.05) is 23.9 Å². The van der Waals surface area contributed by atoms with Crippen molar-refractivity contribution in [2.24, 2.45) is 0 Å². The molecule has 0 saturated carbocycles. The molecule has 3 aromatic rings. The minimum absolute atomic E-state index is 0.0249. The van der Waals surface area contributed by atoms with Crippen LogP contribution in [0.2, 0.25) is 0 Å². The van der Waals surface area contributed by atoms with Crippen LogP contribution in [0.25, 0.3) is 5.78 Å². The highest BCUT2D eigenvalue weighted by atomic mass is 32.2. The molecular formula is C16H15F2N5O2S. The maximum Gasteiger partial charge on any atom is 0.387 e. The topological polar surface area (TPSA) is 81.4 Å². The molecule has 2 aromatic heterocycles. The number of anilines is 1. The number of benzene rings is 1. The van der Waals surface area contributed by atoms with Gasteiger partial charge >= 0.3 is 6.61 Å². The zero-order valence-corrected chi connectivity index (χ0v) is 14.8. The number of rotatable bonds is 6. The molecule has 2 heterocycles. The highest BCUT2D eigenvalue weighted by molar-refractivity contribution is 7.99. The summed E-state index contributed by atoms with van der Waals surface area (Å²) in [6.07, 6.45) is 0. The Labute approximate surface area is 151 Å². The maximum atomic E-state index is 12.4. The molecule has 0 unspecified atom stereocenters. The van der Waals surface area contributed by atoms with E-state index >= 15 is 0 Å². The molecule has 1 amide bonds. The molecule has 26 heavy (non-hydrogen) atoms. The molecule has 0 aliphatic heterocycles. The summed E-state index contributed by atoms with van der Waals surface area (Å²) in [5, 5.41) is 11.1. The van der Waals surface area contributed by atoms with Crippen molar-refractivity contribution in [3.63, 3.8) is 0 Å². The second-order valence-corrected chi connectivity index (χ2v) is 6.31. The third-order valence-electron chi connectivity index (χ3n) is 3.37. The first-order valence-corrected chi connectivity index (χ1v) is 8.58. The molecule has 10 heteroatoms. The van der Waals surface area contributed by atoms with Crippen LogP contribution in [0.3, 0.4) is 0 Å². The molecule has 0 bridgehead atoms. The molecule has 3 rings (SSSR count). The second-order valence-electron chi connectivity index (χ2n) is 5.37. The van der Waals surface area contributed by atoms with Crippen molar-refractivity contribution in [3.05, 3.63) is 41.7 Å². The Hall–Kier alpha value is -2.75. The Morgan fingerprint density at radius 1 is 1.31 bits per heavy atom. The molecular weight excluding hydrogens is 364 g/mol. The zero-order chi connectivity index (χ0) is 18.7. The van der Waals surface area contributed by atoms with E-state index in [1.54, 1.807) is 16.5 Å². The van der Waals surface area contributed by atoms with Gasteiger partial charge in [-0.05, 0) is 32.0 Å². The van der Waals surface area contributed by atoms with Crippen molar-refractivity contribution >= 4 is 29.1 Å². The minimum Gasteiger partial charge on any atom is -0.433 e. The van der Waals surface area contributed by atoms with Crippen LogP contribution in [0.1, 0.15) is 11.4 Å². The van der Waals surface area contributed by atoms with Crippen LogP contribution in [0, 0.1) is 13.8 Å². The number of carbonyl (C=O) groups is 1. The van der Waals surface area contributed by atoms with Gasteiger partial charge in [-0.2, -0.15) is 8.78 Å². The van der Waals surface area contributed by atoms with Gasteiger partial charge in [0.05, 0.1) is 11.4 Å². The maximum absolute atomic E-state index is 12.4. The Balaban J connectivity index is 1.69. The normalized spacial score (nSPS) is 11.1. The number of aryl methyl sites for hydroxylation is 2. The first kappa shape index (κ1) is 18.1. The molecule has 0 fully saturated rings. The van der Waals surface area contributed by atoms with E-state index in [1.807, 2.05) is 19.9 Å². The van der Waals surface area contributed by atoms with Gasteiger partial charge in [-0.25, -0.2) is 4.98 Å². The summed E-state index contributed by atoms with van der Waals surface area (Å²) in [6, 6.07) is 7.90. The van der Waals surface area contributed by atoms with Crippen molar-refractivity contribution < 1.29 is 18.3 Å². The zero-order valence-electron chi connectivity index (χ0n) is 13.9. The fourth-order valence-corrected chi connectivity index (χ4v) is 3.16. The molecule has 0 atom stereocenters. The average Bonchev–Trinajstić information content (AvgIpc) is 2.97. The number of alkyl halides is 2. The van der Waals surface area contributed by atoms with Crippen molar-refractivity contribution in [2.75, 3.05) is 11.1 Å². The lowest BCUT2D eigenvalue weighted by molar-refractivity contribution is -0.113. The molecule has 0 aliphatic carbocycles. The predicted octanol–water partition coefficient (Wildman–Crippen LogP) is 3.07. The molecule has 0 aliphatic rings. The number of aromatic nitrogens is 4. The van der Waals surface area contributed by atoms with Crippen LogP contribution < -0.4 is 10.1 Å². The molecule has 0 radical (unpaired) electrons. The Morgan fingerprint density at radius 3 is 2.85 bits per heavy atom. The van der Waals surface area contributed by atoms with Crippen LogP contribution in [-0.2, 0) is 4.79 Å². The number of carbonyl (C=O) groups excluding carboxylic acids is 1. The van der Waals surface area contributed by atoms with Crippen molar-refractivity contribution in [1.29, 1.82) is 0 Å². The minimum atomic E-state index is -2.97. The number of halogens is 2. The van der Waals surface area contributed by atoms with E-state index in [4.69, 9.17) is 0 Å². The fourth-order valence-electron chi connectivity index (χ4n) is 2.38. The van der Waals surface area contributed by atoms with Crippen LogP contribution in [0.4, 0.5) is 14.5 Å². The van der Waals surface area contributed by atoms with Crippen LogP contribution in [-0.4, -0.2) is 37.9 Å². The smallest absolute Gasteiger partial charge is 0.387 e. The Kier molecular flexibility index (Phi) is 5.31. The number of hydrogen-bond donors (Lipinski definition) is 1. The first-order valence-electron chi connectivity index (χ1n) is 7.60. The summed E-state index contributed by atoms with van der Waals surface area (Å²) in [6.45, 7) is 0.789. The number of nitrogens with zero attached hydrogens (tertiary/aromatic N) is 4. The summed E-state index contributed by atoms with van der Waals surface area (Å²) < 4.78 is 31.0. The van der Waals surface area contributed by atoms with Gasteiger partial charge in [0, 0.05) is 11.4 Å². The van der Waals surface area contributed by atoms with Gasteiger partial charge < -0.3 is 10.1 Å². The summed E-state index contributed by atoms with van der Waals surface area (Å²) in [5.74, 6) is 0.0112. The van der Waals surface area contributed by atoms with E-state index in [0.717, 1.165) is 11.4 Å². The summed E-state index contributed by atoms with van der Waals surface area (Å²) in [4.78, 5) is 16.5. The van der Waals surface area contributed by atoms with Crippen LogP contribution >= 0.6 is 11.8 Å². The van der Waals surface area contributed by atoms with Gasteiger partial charge in [-0.15, -0.1) is 10.2 Å². The monoisotopic (exact) mass is 379 g/mol. The van der Waals surface area contributed by atoms with E-state index in [-0.39, 0.29) is 23.1 Å².